The zero-order valence-electron chi connectivity index (χ0n) is 12.7. The highest BCUT2D eigenvalue weighted by Crippen LogP contribution is 2.27. The van der Waals surface area contributed by atoms with Crippen molar-refractivity contribution in [2.45, 2.75) is 19.3 Å². The Morgan fingerprint density at radius 3 is 2.77 bits per heavy atom. The Kier molecular flexibility index (Phi) is 4.64. The molecule has 0 radical (unpaired) electrons. The first kappa shape index (κ1) is 15.3. The number of piperidine rings is 1. The van der Waals surface area contributed by atoms with Crippen molar-refractivity contribution in [3.05, 3.63) is 29.3 Å². The summed E-state index contributed by atoms with van der Waals surface area (Å²) in [4.78, 5) is 2.27. The summed E-state index contributed by atoms with van der Waals surface area (Å²) in [7, 11) is 1.99. The molecule has 2 aromatic rings. The molecule has 1 aliphatic heterocycles. The highest BCUT2D eigenvalue weighted by Gasteiger charge is 2.23. The van der Waals surface area contributed by atoms with E-state index in [0.29, 0.717) is 10.9 Å². The van der Waals surface area contributed by atoms with E-state index in [4.69, 9.17) is 16.7 Å². The molecular weight excluding hydrogens is 300 g/mol. The summed E-state index contributed by atoms with van der Waals surface area (Å²) in [6.07, 6.45) is 3.17. The molecule has 1 N–H and O–H groups in total. The quantitative estimate of drug-likeness (QED) is 0.941. The fourth-order valence-corrected chi connectivity index (χ4v) is 3.24. The molecule has 0 spiro atoms. The van der Waals surface area contributed by atoms with E-state index in [2.05, 4.69) is 15.1 Å². The van der Waals surface area contributed by atoms with E-state index in [9.17, 15) is 0 Å². The van der Waals surface area contributed by atoms with E-state index in [1.807, 2.05) is 35.9 Å². The summed E-state index contributed by atoms with van der Waals surface area (Å²) in [5.74, 6) is 2.28. The molecule has 1 aromatic carbocycles. The lowest BCUT2D eigenvalue weighted by molar-refractivity contribution is 0.243. The topological polar surface area (TPSA) is 54.2 Å². The van der Waals surface area contributed by atoms with E-state index in [1.54, 1.807) is 0 Å². The first-order valence-electron chi connectivity index (χ1n) is 7.70. The van der Waals surface area contributed by atoms with Crippen LogP contribution < -0.4 is 4.90 Å². The van der Waals surface area contributed by atoms with Gasteiger partial charge in [0.1, 0.15) is 0 Å². The van der Waals surface area contributed by atoms with Gasteiger partial charge >= 0.3 is 0 Å². The largest absolute Gasteiger partial charge is 0.396 e. The van der Waals surface area contributed by atoms with Crippen LogP contribution in [0.3, 0.4) is 0 Å². The lowest BCUT2D eigenvalue weighted by atomic mass is 9.95. The number of halogens is 1. The predicted octanol–water partition coefficient (Wildman–Crippen LogP) is 2.73. The Morgan fingerprint density at radius 2 is 2.05 bits per heavy atom. The van der Waals surface area contributed by atoms with E-state index < -0.39 is 0 Å². The van der Waals surface area contributed by atoms with Gasteiger partial charge in [-0.3, -0.25) is 4.57 Å². The molecule has 22 heavy (non-hydrogen) atoms. The minimum absolute atomic E-state index is 0.257. The maximum absolute atomic E-state index is 9.14. The molecule has 0 bridgehead atoms. The summed E-state index contributed by atoms with van der Waals surface area (Å²) in [5.41, 5.74) is 1.01. The van der Waals surface area contributed by atoms with Gasteiger partial charge in [0.05, 0.1) is 0 Å². The number of hydrogen-bond donors (Lipinski definition) is 1. The Morgan fingerprint density at radius 1 is 1.27 bits per heavy atom. The average molecular weight is 321 g/mol. The number of rotatable bonds is 4. The van der Waals surface area contributed by atoms with Crippen LogP contribution in [-0.4, -0.2) is 39.6 Å². The van der Waals surface area contributed by atoms with Crippen molar-refractivity contribution < 1.29 is 5.11 Å². The Bertz CT molecular complexity index is 624. The summed E-state index contributed by atoms with van der Waals surface area (Å²) < 4.78 is 2.03. The third kappa shape index (κ3) is 3.10. The van der Waals surface area contributed by atoms with Crippen molar-refractivity contribution >= 4 is 17.5 Å². The van der Waals surface area contributed by atoms with Crippen LogP contribution in [0.5, 0.6) is 0 Å². The van der Waals surface area contributed by atoms with Crippen molar-refractivity contribution in [1.82, 2.24) is 14.8 Å². The summed E-state index contributed by atoms with van der Waals surface area (Å²) in [6, 6.07) is 7.65. The fraction of sp³-hybridized carbons (Fsp3) is 0.500. The standard InChI is InChI=1S/C16H21ClN4O/c1-20-15(13-4-6-14(17)7-5-13)18-19-16(20)21-9-2-3-12(11-21)8-10-22/h4-7,12,22H,2-3,8-11H2,1H3/t12-/m1/s1. The second kappa shape index (κ2) is 6.67. The molecule has 1 aliphatic rings. The van der Waals surface area contributed by atoms with Crippen LogP contribution in [0.25, 0.3) is 11.4 Å². The molecule has 6 heteroatoms. The van der Waals surface area contributed by atoms with Gasteiger partial charge in [-0.25, -0.2) is 0 Å². The maximum Gasteiger partial charge on any atom is 0.227 e. The minimum Gasteiger partial charge on any atom is -0.396 e. The lowest BCUT2D eigenvalue weighted by Gasteiger charge is -2.32. The molecule has 1 atom stereocenters. The first-order valence-corrected chi connectivity index (χ1v) is 8.08. The molecule has 0 unspecified atom stereocenters. The van der Waals surface area contributed by atoms with Crippen molar-refractivity contribution in [2.24, 2.45) is 13.0 Å². The fourth-order valence-electron chi connectivity index (χ4n) is 3.11. The molecular formula is C16H21ClN4O. The van der Waals surface area contributed by atoms with Crippen LogP contribution in [0.2, 0.25) is 5.02 Å². The van der Waals surface area contributed by atoms with Crippen LogP contribution >= 0.6 is 11.6 Å². The zero-order valence-corrected chi connectivity index (χ0v) is 13.5. The van der Waals surface area contributed by atoms with Gasteiger partial charge in [0, 0.05) is 37.3 Å². The van der Waals surface area contributed by atoms with Crippen molar-refractivity contribution in [3.63, 3.8) is 0 Å². The van der Waals surface area contributed by atoms with E-state index in [-0.39, 0.29) is 6.61 Å². The minimum atomic E-state index is 0.257. The van der Waals surface area contributed by atoms with Crippen LogP contribution in [0, 0.1) is 5.92 Å². The van der Waals surface area contributed by atoms with Gasteiger partial charge in [0.2, 0.25) is 5.95 Å². The van der Waals surface area contributed by atoms with Gasteiger partial charge in [-0.1, -0.05) is 11.6 Å². The second-order valence-electron chi connectivity index (χ2n) is 5.86. The number of aromatic nitrogens is 3. The Balaban J connectivity index is 1.82. The molecule has 3 rings (SSSR count). The van der Waals surface area contributed by atoms with Crippen LogP contribution in [0.1, 0.15) is 19.3 Å². The molecule has 2 heterocycles. The summed E-state index contributed by atoms with van der Waals surface area (Å²) in [5, 5.41) is 18.6. The van der Waals surface area contributed by atoms with E-state index >= 15 is 0 Å². The number of hydrogen-bond acceptors (Lipinski definition) is 4. The second-order valence-corrected chi connectivity index (χ2v) is 6.29. The highest BCUT2D eigenvalue weighted by molar-refractivity contribution is 6.30. The molecule has 0 amide bonds. The zero-order chi connectivity index (χ0) is 15.5. The lowest BCUT2D eigenvalue weighted by Crippen LogP contribution is -2.37. The monoisotopic (exact) mass is 320 g/mol. The van der Waals surface area contributed by atoms with Crippen LogP contribution in [0.4, 0.5) is 5.95 Å². The number of anilines is 1. The molecule has 5 nitrogen and oxygen atoms in total. The van der Waals surface area contributed by atoms with Gasteiger partial charge in [0.25, 0.3) is 0 Å². The first-order chi connectivity index (χ1) is 10.7. The molecule has 1 fully saturated rings. The third-order valence-corrected chi connectivity index (χ3v) is 4.55. The normalized spacial score (nSPS) is 18.7. The van der Waals surface area contributed by atoms with E-state index in [0.717, 1.165) is 43.3 Å². The number of aliphatic hydroxyl groups excluding tert-OH is 1. The smallest absolute Gasteiger partial charge is 0.227 e. The molecule has 0 aliphatic carbocycles. The predicted molar refractivity (Wildman–Crippen MR) is 88.1 cm³/mol. The highest BCUT2D eigenvalue weighted by atomic mass is 35.5. The molecule has 1 aromatic heterocycles. The number of aliphatic hydroxyl groups is 1. The van der Waals surface area contributed by atoms with Gasteiger partial charge in [-0.05, 0) is 49.4 Å². The third-order valence-electron chi connectivity index (χ3n) is 4.29. The van der Waals surface area contributed by atoms with Gasteiger partial charge < -0.3 is 10.0 Å². The van der Waals surface area contributed by atoms with Crippen LogP contribution in [-0.2, 0) is 7.05 Å². The van der Waals surface area contributed by atoms with Crippen molar-refractivity contribution in [3.8, 4) is 11.4 Å². The Labute approximate surface area is 135 Å². The number of nitrogens with zero attached hydrogens (tertiary/aromatic N) is 4. The van der Waals surface area contributed by atoms with Crippen molar-refractivity contribution in [2.75, 3.05) is 24.6 Å². The Hall–Kier alpha value is -1.59. The molecule has 0 saturated carbocycles. The van der Waals surface area contributed by atoms with Crippen LogP contribution in [0.15, 0.2) is 24.3 Å². The average Bonchev–Trinajstić information content (AvgIpc) is 2.90. The van der Waals surface area contributed by atoms with E-state index in [1.165, 1.54) is 6.42 Å². The van der Waals surface area contributed by atoms with Crippen molar-refractivity contribution in [1.29, 1.82) is 0 Å². The number of benzene rings is 1. The molecule has 1 saturated heterocycles. The maximum atomic E-state index is 9.14. The summed E-state index contributed by atoms with van der Waals surface area (Å²) >= 11 is 5.94. The van der Waals surface area contributed by atoms with Gasteiger partial charge in [0.15, 0.2) is 5.82 Å². The van der Waals surface area contributed by atoms with Gasteiger partial charge in [-0.2, -0.15) is 0 Å². The summed E-state index contributed by atoms with van der Waals surface area (Å²) in [6.45, 7) is 2.19. The molecule has 118 valence electrons. The SMILES string of the molecule is Cn1c(-c2ccc(Cl)cc2)nnc1N1CCC[C@H](CCO)C1. The van der Waals surface area contributed by atoms with Gasteiger partial charge in [-0.15, -0.1) is 10.2 Å².